The lowest BCUT2D eigenvalue weighted by molar-refractivity contribution is -0.148. The van der Waals surface area contributed by atoms with E-state index in [0.717, 1.165) is 76.3 Å². The maximum absolute atomic E-state index is 14.3. The molecule has 0 radical (unpaired) electrons. The number of nitrogens with zero attached hydrogens (tertiary/aromatic N) is 2. The van der Waals surface area contributed by atoms with Gasteiger partial charge in [-0.25, -0.2) is 13.6 Å². The summed E-state index contributed by atoms with van der Waals surface area (Å²) in [6.07, 6.45) is 0.326. The molecule has 0 saturated heterocycles. The molecule has 10 heteroatoms. The van der Waals surface area contributed by atoms with Gasteiger partial charge in [-0.1, -0.05) is 62.5 Å². The van der Waals surface area contributed by atoms with Crippen LogP contribution >= 0.6 is 0 Å². The van der Waals surface area contributed by atoms with E-state index >= 15 is 0 Å². The molecular formula is C43H46F4N2O4. The lowest BCUT2D eigenvalue weighted by atomic mass is 9.89. The number of ketones is 1. The second-order valence-electron chi connectivity index (χ2n) is 13.8. The number of fused-ring (bicyclic) bond motifs is 3. The number of alkyl halides is 4. The Morgan fingerprint density at radius 3 is 2.04 bits per heavy atom. The Morgan fingerprint density at radius 1 is 0.849 bits per heavy atom. The first kappa shape index (κ1) is 39.2. The summed E-state index contributed by atoms with van der Waals surface area (Å²) >= 11 is 0. The molecule has 4 aromatic carbocycles. The smallest absolute Gasteiger partial charge is 0.340 e. The topological polar surface area (TPSA) is 69.9 Å². The van der Waals surface area contributed by atoms with E-state index in [4.69, 9.17) is 9.57 Å². The quantitative estimate of drug-likeness (QED) is 0.0353. The fraction of sp³-hybridized carbons (Fsp3) is 0.372. The van der Waals surface area contributed by atoms with Crippen LogP contribution in [0.1, 0.15) is 95.8 Å². The highest BCUT2D eigenvalue weighted by Gasteiger charge is 2.42. The monoisotopic (exact) mass is 730 g/mol. The minimum absolute atomic E-state index is 0.0714. The molecule has 1 heterocycles. The number of oxime groups is 1. The Bertz CT molecular complexity index is 2160. The number of ether oxygens (including phenoxy) is 1. The molecule has 1 unspecified atom stereocenters. The fourth-order valence-electron chi connectivity index (χ4n) is 6.86. The Kier molecular flexibility index (Phi) is 12.1. The molecule has 0 aliphatic heterocycles. The number of aryl methyl sites for hydroxylation is 2. The third-order valence-electron chi connectivity index (χ3n) is 10.1. The summed E-state index contributed by atoms with van der Waals surface area (Å²) in [6.45, 7) is 12.7. The van der Waals surface area contributed by atoms with Crippen LogP contribution in [0.15, 0.2) is 71.9 Å². The van der Waals surface area contributed by atoms with Crippen molar-refractivity contribution in [2.45, 2.75) is 93.0 Å². The fourth-order valence-corrected chi connectivity index (χ4v) is 6.86. The number of carbonyl (C=O) groups is 2. The molecule has 0 bridgehead atoms. The predicted molar refractivity (Wildman–Crippen MR) is 202 cm³/mol. The van der Waals surface area contributed by atoms with Gasteiger partial charge in [0.05, 0.1) is 0 Å². The summed E-state index contributed by atoms with van der Waals surface area (Å²) < 4.78 is 61.4. The number of hydrogen-bond donors (Lipinski definition) is 0. The second-order valence-corrected chi connectivity index (χ2v) is 13.8. The van der Waals surface area contributed by atoms with Crippen LogP contribution in [0.5, 0.6) is 5.75 Å². The second kappa shape index (κ2) is 16.4. The van der Waals surface area contributed by atoms with Crippen LogP contribution in [0.25, 0.3) is 21.8 Å². The van der Waals surface area contributed by atoms with Crippen molar-refractivity contribution < 1.29 is 36.7 Å². The van der Waals surface area contributed by atoms with Crippen LogP contribution in [0, 0.1) is 33.6 Å². The maximum Gasteiger partial charge on any atom is 0.340 e. The van der Waals surface area contributed by atoms with Crippen molar-refractivity contribution in [2.75, 3.05) is 6.61 Å². The number of hydrogen-bond acceptors (Lipinski definition) is 5. The van der Waals surface area contributed by atoms with Gasteiger partial charge in [-0.3, -0.25) is 4.79 Å². The zero-order valence-electron chi connectivity index (χ0n) is 31.3. The van der Waals surface area contributed by atoms with Gasteiger partial charge in [-0.05, 0) is 105 Å². The summed E-state index contributed by atoms with van der Waals surface area (Å²) in [5, 5.41) is 5.73. The average Bonchev–Trinajstić information content (AvgIpc) is 3.43. The van der Waals surface area contributed by atoms with Gasteiger partial charge in [0.15, 0.2) is 12.4 Å². The van der Waals surface area contributed by atoms with Crippen molar-refractivity contribution in [3.05, 3.63) is 111 Å². The molecule has 0 fully saturated rings. The van der Waals surface area contributed by atoms with Crippen molar-refractivity contribution in [1.82, 2.24) is 4.57 Å². The highest BCUT2D eigenvalue weighted by Crippen LogP contribution is 2.35. The minimum Gasteiger partial charge on any atom is -0.486 e. The SMILES string of the molecule is CCCCC(CC)Cn1c2ccc(C(=O)c3c(C)c(C)cc(C)c3C)cc2c2cc(/C(=N/OC(C)=O)c3ccccc3OCC(F)(F)C(F)F)ccc21. The Hall–Kier alpha value is -4.99. The third kappa shape index (κ3) is 8.32. The predicted octanol–water partition coefficient (Wildman–Crippen LogP) is 11.1. The molecule has 280 valence electrons. The van der Waals surface area contributed by atoms with Crippen molar-refractivity contribution >= 4 is 39.3 Å². The molecule has 5 rings (SSSR count). The van der Waals surface area contributed by atoms with E-state index < -0.39 is 24.9 Å². The van der Waals surface area contributed by atoms with Crippen molar-refractivity contribution in [3.63, 3.8) is 0 Å². The summed E-state index contributed by atoms with van der Waals surface area (Å²) in [5.74, 6) is -4.93. The van der Waals surface area contributed by atoms with Gasteiger partial charge in [-0.2, -0.15) is 8.78 Å². The molecule has 53 heavy (non-hydrogen) atoms. The highest BCUT2D eigenvalue weighted by atomic mass is 19.3. The molecule has 0 N–H and O–H groups in total. The number of benzene rings is 4. The molecule has 1 aromatic heterocycles. The summed E-state index contributed by atoms with van der Waals surface area (Å²) in [7, 11) is 0. The van der Waals surface area contributed by atoms with Gasteiger partial charge in [0.25, 0.3) is 0 Å². The van der Waals surface area contributed by atoms with Crippen molar-refractivity contribution in [2.24, 2.45) is 11.1 Å². The molecule has 0 spiro atoms. The number of aromatic nitrogens is 1. The standard InChI is InChI=1S/C43H46F4N2O4/c1-8-10-13-30(9-2)23-49-36-18-16-31(40(48-53-29(7)50)33-14-11-12-15-38(33)52-24-43(46,47)42(44)45)21-34(36)35-22-32(17-19-37(35)49)41(51)39-27(5)25(3)20-26(4)28(39)6/h11-12,14-22,30,42H,8-10,13,23-24H2,1-7H3/b48-40-. The van der Waals surface area contributed by atoms with Gasteiger partial charge >= 0.3 is 18.3 Å². The Labute approximate surface area is 307 Å². The first-order valence-corrected chi connectivity index (χ1v) is 18.0. The average molecular weight is 731 g/mol. The molecule has 0 saturated carbocycles. The van der Waals surface area contributed by atoms with Crippen LogP contribution in [0.3, 0.4) is 0 Å². The number of halogens is 4. The van der Waals surface area contributed by atoms with E-state index in [1.807, 2.05) is 58.0 Å². The molecule has 0 aliphatic rings. The number of unbranched alkanes of at least 4 members (excludes halogenated alkanes) is 1. The van der Waals surface area contributed by atoms with Gasteiger partial charge in [0.2, 0.25) is 0 Å². The summed E-state index contributed by atoms with van der Waals surface area (Å²) in [6, 6.07) is 19.4. The molecule has 6 nitrogen and oxygen atoms in total. The lowest BCUT2D eigenvalue weighted by Crippen LogP contribution is -2.34. The van der Waals surface area contributed by atoms with Crippen LogP contribution in [-0.2, 0) is 16.2 Å². The first-order chi connectivity index (χ1) is 25.2. The zero-order valence-corrected chi connectivity index (χ0v) is 31.3. The van der Waals surface area contributed by atoms with Crippen LogP contribution in [-0.4, -0.2) is 41.0 Å². The Balaban J connectivity index is 1.72. The van der Waals surface area contributed by atoms with Gasteiger partial charge in [-0.15, -0.1) is 0 Å². The van der Waals surface area contributed by atoms with E-state index in [-0.39, 0.29) is 22.8 Å². The molecule has 5 aromatic rings. The molecule has 0 aliphatic carbocycles. The van der Waals surface area contributed by atoms with Crippen LogP contribution in [0.4, 0.5) is 17.6 Å². The van der Waals surface area contributed by atoms with Crippen molar-refractivity contribution in [3.8, 4) is 5.75 Å². The zero-order chi connectivity index (χ0) is 38.6. The molecule has 1 atom stereocenters. The molecule has 0 amide bonds. The highest BCUT2D eigenvalue weighted by molar-refractivity contribution is 6.19. The van der Waals surface area contributed by atoms with Crippen molar-refractivity contribution in [1.29, 1.82) is 0 Å². The van der Waals surface area contributed by atoms with Crippen LogP contribution < -0.4 is 4.74 Å². The number of para-hydroxylation sites is 1. The normalized spacial score (nSPS) is 12.9. The van der Waals surface area contributed by atoms with Crippen LogP contribution in [0.2, 0.25) is 0 Å². The van der Waals surface area contributed by atoms with Gasteiger partial charge in [0.1, 0.15) is 11.5 Å². The van der Waals surface area contributed by atoms with E-state index in [2.05, 4.69) is 29.6 Å². The maximum atomic E-state index is 14.3. The minimum atomic E-state index is -4.39. The number of rotatable bonds is 15. The molecular weight excluding hydrogens is 684 g/mol. The van der Waals surface area contributed by atoms with Gasteiger partial charge in [0, 0.05) is 57.5 Å². The third-order valence-corrected chi connectivity index (χ3v) is 10.1. The van der Waals surface area contributed by atoms with E-state index in [1.54, 1.807) is 12.1 Å². The largest absolute Gasteiger partial charge is 0.486 e. The summed E-state index contributed by atoms with van der Waals surface area (Å²) in [5.41, 5.74) is 7.69. The summed E-state index contributed by atoms with van der Waals surface area (Å²) in [4.78, 5) is 31.3. The van der Waals surface area contributed by atoms with E-state index in [9.17, 15) is 27.2 Å². The first-order valence-electron chi connectivity index (χ1n) is 18.0. The number of carbonyl (C=O) groups excluding carboxylic acids is 2. The Morgan fingerprint density at radius 2 is 1.45 bits per heavy atom. The van der Waals surface area contributed by atoms with E-state index in [0.29, 0.717) is 22.6 Å². The lowest BCUT2D eigenvalue weighted by Gasteiger charge is -2.18. The van der Waals surface area contributed by atoms with Gasteiger partial charge < -0.3 is 14.1 Å². The van der Waals surface area contributed by atoms with E-state index in [1.165, 1.54) is 25.1 Å².